The molecule has 0 heterocycles. The number of hydrogen-bond acceptors (Lipinski definition) is 4. The molecule has 0 aromatic heterocycles. The minimum Gasteiger partial charge on any atom is -0.186 e. The average Bonchev–Trinajstić information content (AvgIpc) is 3.32. The zero-order valence-corrected chi connectivity index (χ0v) is 25.6. The van der Waals surface area contributed by atoms with Gasteiger partial charge in [-0.3, -0.25) is 0 Å². The van der Waals surface area contributed by atoms with Gasteiger partial charge in [0.05, 0.1) is 13.7 Å². The molecule has 38 heavy (non-hydrogen) atoms. The van der Waals surface area contributed by atoms with Gasteiger partial charge in [-0.2, -0.15) is 10.00 Å². The lowest BCUT2D eigenvalue weighted by molar-refractivity contribution is 0.347. The fraction of sp³-hybridized carbons (Fsp3) is 0.548. The van der Waals surface area contributed by atoms with Crippen molar-refractivity contribution in [2.45, 2.75) is 89.3 Å². The predicted octanol–water partition coefficient (Wildman–Crippen LogP) is 9.41. The minimum absolute atomic E-state index is 0.0233. The molecule has 5 atom stereocenters. The Labute approximate surface area is 233 Å². The van der Waals surface area contributed by atoms with Crippen LogP contribution in [0.5, 0.6) is 0 Å². The van der Waals surface area contributed by atoms with Crippen LogP contribution < -0.4 is 5.09 Å². The maximum atomic E-state index is 11.4. The zero-order chi connectivity index (χ0) is 27.4. The number of benzene rings is 2. The topological polar surface area (TPSA) is 63.0 Å². The van der Waals surface area contributed by atoms with Crippen molar-refractivity contribution in [1.29, 1.82) is 0 Å². The number of hydrogen-bond donors (Lipinski definition) is 1. The van der Waals surface area contributed by atoms with Gasteiger partial charge in [0, 0.05) is 20.4 Å². The van der Waals surface area contributed by atoms with E-state index in [0.717, 1.165) is 32.1 Å². The maximum Gasteiger partial charge on any atom is 0.612 e. The van der Waals surface area contributed by atoms with Crippen molar-refractivity contribution in [2.75, 3.05) is 13.7 Å². The van der Waals surface area contributed by atoms with Gasteiger partial charge in [0.25, 0.3) is 0 Å². The molecule has 0 amide bonds. The summed E-state index contributed by atoms with van der Waals surface area (Å²) in [6, 6.07) is 18.0. The molecule has 0 aliphatic heterocycles. The molecule has 3 rings (SSSR count). The van der Waals surface area contributed by atoms with E-state index < -0.39 is 8.18 Å². The summed E-state index contributed by atoms with van der Waals surface area (Å²) in [4.78, 5) is 4.74. The Morgan fingerprint density at radius 3 is 2.53 bits per heavy atom. The van der Waals surface area contributed by atoms with Crippen LogP contribution in [0.4, 0.5) is 0 Å². The predicted molar refractivity (Wildman–Crippen MR) is 162 cm³/mol. The van der Waals surface area contributed by atoms with Gasteiger partial charge in [0.1, 0.15) is 0 Å². The zero-order valence-electron chi connectivity index (χ0n) is 23.7. The molecule has 0 radical (unpaired) electrons. The largest absolute Gasteiger partial charge is 0.612 e. The number of nitrogens with zero attached hydrogens (tertiary/aromatic N) is 2. The summed E-state index contributed by atoms with van der Waals surface area (Å²) in [6.45, 7) is 12.2. The highest BCUT2D eigenvalue weighted by atomic mass is 31.1. The van der Waals surface area contributed by atoms with Crippen LogP contribution in [-0.2, 0) is 32.6 Å². The van der Waals surface area contributed by atoms with Crippen LogP contribution in [0.2, 0.25) is 0 Å². The van der Waals surface area contributed by atoms with Crippen molar-refractivity contribution >= 4 is 16.9 Å². The third kappa shape index (κ3) is 7.89. The quantitative estimate of drug-likeness (QED) is 0.128. The van der Waals surface area contributed by atoms with Crippen molar-refractivity contribution in [1.82, 2.24) is 5.09 Å². The van der Waals surface area contributed by atoms with Crippen LogP contribution in [0.3, 0.4) is 0 Å². The average molecular weight is 555 g/mol. The van der Waals surface area contributed by atoms with Crippen molar-refractivity contribution in [3.05, 3.63) is 83.4 Å². The molecule has 1 aliphatic carbocycles. The second-order valence-electron chi connectivity index (χ2n) is 10.7. The first-order valence-corrected chi connectivity index (χ1v) is 16.2. The lowest BCUT2D eigenvalue weighted by Gasteiger charge is -2.32. The van der Waals surface area contributed by atoms with Gasteiger partial charge in [0.15, 0.2) is 0 Å². The molecule has 5 unspecified atom stereocenters. The molecule has 2 aromatic rings. The van der Waals surface area contributed by atoms with Crippen LogP contribution in [0, 0.1) is 5.92 Å². The Balaban J connectivity index is 1.61. The van der Waals surface area contributed by atoms with Gasteiger partial charge in [-0.25, -0.2) is 0 Å². The highest BCUT2D eigenvalue weighted by Crippen LogP contribution is 2.49. The maximum absolute atomic E-state index is 11.4. The van der Waals surface area contributed by atoms with E-state index >= 15 is 0 Å². The van der Waals surface area contributed by atoms with Gasteiger partial charge in [-0.15, -0.1) is 11.1 Å². The molecule has 0 bridgehead atoms. The van der Waals surface area contributed by atoms with Crippen LogP contribution >= 0.6 is 16.9 Å². The Morgan fingerprint density at radius 1 is 1.18 bits per heavy atom. The van der Waals surface area contributed by atoms with Gasteiger partial charge in [-0.1, -0.05) is 93.3 Å². The van der Waals surface area contributed by atoms with E-state index in [2.05, 4.69) is 92.2 Å². The second-order valence-corrected chi connectivity index (χ2v) is 13.3. The lowest BCUT2D eigenvalue weighted by atomic mass is 9.72. The summed E-state index contributed by atoms with van der Waals surface area (Å²) in [5.41, 5.74) is 5.48. The Morgan fingerprint density at radius 2 is 1.89 bits per heavy atom. The molecule has 1 saturated carbocycles. The second kappa shape index (κ2) is 15.1. The van der Waals surface area contributed by atoms with Gasteiger partial charge in [0.2, 0.25) is 0 Å². The van der Waals surface area contributed by atoms with Crippen LogP contribution in [0.1, 0.15) is 88.0 Å². The first-order chi connectivity index (χ1) is 18.4. The fourth-order valence-electron chi connectivity index (χ4n) is 5.93. The summed E-state index contributed by atoms with van der Waals surface area (Å²) < 4.78 is 16.2. The van der Waals surface area contributed by atoms with Crippen LogP contribution in [-0.4, -0.2) is 13.7 Å². The van der Waals surface area contributed by atoms with Crippen molar-refractivity contribution in [3.8, 4) is 0 Å². The molecule has 0 saturated heterocycles. The molecule has 1 fully saturated rings. The van der Waals surface area contributed by atoms with E-state index in [-0.39, 0.29) is 10.6 Å². The molecular weight excluding hydrogens is 508 g/mol. The fourth-order valence-corrected chi connectivity index (χ4v) is 7.51. The highest BCUT2D eigenvalue weighted by Gasteiger charge is 2.39. The van der Waals surface area contributed by atoms with Gasteiger partial charge >= 0.3 is 8.18 Å². The summed E-state index contributed by atoms with van der Waals surface area (Å²) in [6.07, 6.45) is 11.1. The highest BCUT2D eigenvalue weighted by molar-refractivity contribution is 7.37. The molecule has 7 heteroatoms. The molecule has 206 valence electrons. The summed E-state index contributed by atoms with van der Waals surface area (Å²) in [7, 11) is 0.0786. The first kappa shape index (κ1) is 30.8. The van der Waals surface area contributed by atoms with E-state index in [1.807, 2.05) is 0 Å². The van der Waals surface area contributed by atoms with Gasteiger partial charge < -0.3 is 0 Å². The van der Waals surface area contributed by atoms with E-state index in [1.54, 1.807) is 0 Å². The van der Waals surface area contributed by atoms with Crippen molar-refractivity contribution in [2.24, 2.45) is 15.9 Å². The lowest BCUT2D eigenvalue weighted by Crippen LogP contribution is -2.26. The van der Waals surface area contributed by atoms with Crippen LogP contribution in [0.15, 0.2) is 71.2 Å². The molecule has 2 aromatic carbocycles. The number of nitrogens with one attached hydrogen (secondary N) is 1. The van der Waals surface area contributed by atoms with E-state index in [0.29, 0.717) is 27.7 Å². The van der Waals surface area contributed by atoms with E-state index in [9.17, 15) is 4.57 Å². The third-order valence-electron chi connectivity index (χ3n) is 8.41. The monoisotopic (exact) mass is 554 g/mol. The smallest absolute Gasteiger partial charge is 0.186 e. The first-order valence-electron chi connectivity index (χ1n) is 14.1. The van der Waals surface area contributed by atoms with E-state index in [1.165, 1.54) is 48.6 Å². The SMILES string of the molecule is C=CCC1CCCC1(C)c1ccc(CN=NPC(CC)(CCC)c2ccc(CCN[P+](=O)OC)cc2)cc1. The Bertz CT molecular complexity index is 1060. The minimum atomic E-state index is -1.77. The number of allylic oxidation sites excluding steroid dienone is 1. The normalized spacial score (nSPS) is 21.8. The molecular formula is C31H46N3O2P2+. The van der Waals surface area contributed by atoms with Crippen molar-refractivity contribution < 1.29 is 9.09 Å². The summed E-state index contributed by atoms with van der Waals surface area (Å²) >= 11 is 0. The molecule has 0 spiro atoms. The third-order valence-corrected chi connectivity index (χ3v) is 10.8. The Hall–Kier alpha value is -1.77. The van der Waals surface area contributed by atoms with E-state index in [4.69, 9.17) is 9.41 Å². The Kier molecular flexibility index (Phi) is 12.3. The summed E-state index contributed by atoms with van der Waals surface area (Å²) in [5, 5.41) is 7.54. The van der Waals surface area contributed by atoms with Crippen LogP contribution in [0.25, 0.3) is 0 Å². The van der Waals surface area contributed by atoms with Crippen molar-refractivity contribution in [3.63, 3.8) is 0 Å². The standard InChI is InChI=1S/C31H46N3O2P2/c1-6-10-27-11-9-22-30(27,4)28-16-14-26(15-17-28)24-32-34-37-31(8-3,21-7-2)29-18-12-25(13-19-29)20-23-33-38(35)36-5/h6,12-19,27,37H,1,7-11,20-24H2,2-5H3,(H,33,35)/q+1. The number of rotatable bonds is 16. The molecule has 5 nitrogen and oxygen atoms in total. The van der Waals surface area contributed by atoms with Gasteiger partial charge in [-0.05, 0) is 76.7 Å². The summed E-state index contributed by atoms with van der Waals surface area (Å²) in [5.74, 6) is 0.694. The molecule has 1 aliphatic rings. The molecule has 1 N–H and O–H groups in total.